The molecule has 0 atom stereocenters. The molecule has 0 spiro atoms. The number of aryl methyl sites for hydroxylation is 1. The van der Waals surface area contributed by atoms with Gasteiger partial charge in [-0.3, -0.25) is 4.57 Å². The Labute approximate surface area is 161 Å². The SMILES string of the molecule is COc1cccc(-c2nnc(SCc3nccn3C)n2Cc2ccco2)c1. The number of furan rings is 1. The summed E-state index contributed by atoms with van der Waals surface area (Å²) in [6, 6.07) is 11.6. The van der Waals surface area contributed by atoms with Crippen molar-refractivity contribution in [3.63, 3.8) is 0 Å². The molecule has 27 heavy (non-hydrogen) atoms. The minimum absolute atomic E-state index is 0.551. The Kier molecular flexibility index (Phi) is 4.97. The van der Waals surface area contributed by atoms with Crippen molar-refractivity contribution in [1.82, 2.24) is 24.3 Å². The molecular formula is C19H19N5O2S. The second-order valence-corrected chi connectivity index (χ2v) is 6.89. The van der Waals surface area contributed by atoms with Crippen LogP contribution in [0.1, 0.15) is 11.6 Å². The Bertz CT molecular complexity index is 1020. The summed E-state index contributed by atoms with van der Waals surface area (Å²) in [7, 11) is 3.64. The summed E-state index contributed by atoms with van der Waals surface area (Å²) in [4.78, 5) is 4.37. The van der Waals surface area contributed by atoms with Crippen LogP contribution < -0.4 is 4.74 Å². The first kappa shape index (κ1) is 17.4. The largest absolute Gasteiger partial charge is 0.497 e. The zero-order chi connectivity index (χ0) is 18.6. The summed E-state index contributed by atoms with van der Waals surface area (Å²) in [5.74, 6) is 4.08. The van der Waals surface area contributed by atoms with Gasteiger partial charge in [0, 0.05) is 25.0 Å². The van der Waals surface area contributed by atoms with Crippen LogP contribution in [0, 0.1) is 0 Å². The fraction of sp³-hybridized carbons (Fsp3) is 0.211. The number of ether oxygens (including phenoxy) is 1. The van der Waals surface area contributed by atoms with Crippen LogP contribution >= 0.6 is 11.8 Å². The second-order valence-electron chi connectivity index (χ2n) is 5.95. The van der Waals surface area contributed by atoms with Crippen LogP contribution in [-0.4, -0.2) is 31.4 Å². The Morgan fingerprint density at radius 3 is 2.85 bits per heavy atom. The zero-order valence-corrected chi connectivity index (χ0v) is 15.9. The van der Waals surface area contributed by atoms with Crippen molar-refractivity contribution in [2.24, 2.45) is 7.05 Å². The van der Waals surface area contributed by atoms with Crippen molar-refractivity contribution in [3.05, 3.63) is 66.6 Å². The van der Waals surface area contributed by atoms with Crippen LogP contribution in [0.15, 0.2) is 64.6 Å². The van der Waals surface area contributed by atoms with E-state index in [0.717, 1.165) is 33.9 Å². The van der Waals surface area contributed by atoms with Gasteiger partial charge in [0.1, 0.15) is 17.3 Å². The van der Waals surface area contributed by atoms with Crippen molar-refractivity contribution in [1.29, 1.82) is 0 Å². The van der Waals surface area contributed by atoms with Crippen molar-refractivity contribution >= 4 is 11.8 Å². The van der Waals surface area contributed by atoms with Crippen molar-refractivity contribution in [2.45, 2.75) is 17.5 Å². The van der Waals surface area contributed by atoms with E-state index in [-0.39, 0.29) is 0 Å². The predicted molar refractivity (Wildman–Crippen MR) is 103 cm³/mol. The van der Waals surface area contributed by atoms with E-state index in [4.69, 9.17) is 9.15 Å². The molecule has 3 heterocycles. The summed E-state index contributed by atoms with van der Waals surface area (Å²) in [5.41, 5.74) is 0.942. The van der Waals surface area contributed by atoms with Crippen LogP contribution in [0.2, 0.25) is 0 Å². The topological polar surface area (TPSA) is 70.9 Å². The first-order valence-electron chi connectivity index (χ1n) is 8.43. The molecular weight excluding hydrogens is 362 g/mol. The maximum atomic E-state index is 5.54. The molecule has 4 rings (SSSR count). The van der Waals surface area contributed by atoms with Crippen LogP contribution in [-0.2, 0) is 19.3 Å². The molecule has 0 fully saturated rings. The molecule has 8 heteroatoms. The van der Waals surface area contributed by atoms with Crippen molar-refractivity contribution in [2.75, 3.05) is 7.11 Å². The number of methoxy groups -OCH3 is 1. The summed E-state index contributed by atoms with van der Waals surface area (Å²) < 4.78 is 14.9. The normalized spacial score (nSPS) is 11.0. The Morgan fingerprint density at radius 1 is 1.19 bits per heavy atom. The van der Waals surface area contributed by atoms with Crippen molar-refractivity contribution in [3.8, 4) is 17.1 Å². The molecule has 4 aromatic rings. The minimum atomic E-state index is 0.551. The number of aromatic nitrogens is 5. The Hall–Kier alpha value is -3.00. The van der Waals surface area contributed by atoms with Crippen LogP contribution in [0.3, 0.4) is 0 Å². The summed E-state index contributed by atoms with van der Waals surface area (Å²) in [5, 5.41) is 9.66. The second kappa shape index (κ2) is 7.71. The molecule has 0 saturated carbocycles. The van der Waals surface area contributed by atoms with Crippen LogP contribution in [0.25, 0.3) is 11.4 Å². The van der Waals surface area contributed by atoms with E-state index in [1.54, 1.807) is 31.3 Å². The quantitative estimate of drug-likeness (QED) is 0.455. The van der Waals surface area contributed by atoms with E-state index in [1.807, 2.05) is 54.2 Å². The number of thioether (sulfide) groups is 1. The molecule has 3 aromatic heterocycles. The molecule has 0 amide bonds. The van der Waals surface area contributed by atoms with Crippen LogP contribution in [0.4, 0.5) is 0 Å². The van der Waals surface area contributed by atoms with E-state index >= 15 is 0 Å². The molecule has 0 aliphatic rings. The monoisotopic (exact) mass is 381 g/mol. The third-order valence-corrected chi connectivity index (χ3v) is 5.15. The van der Waals surface area contributed by atoms with Gasteiger partial charge in [0.2, 0.25) is 0 Å². The van der Waals surface area contributed by atoms with E-state index < -0.39 is 0 Å². The van der Waals surface area contributed by atoms with Gasteiger partial charge in [-0.05, 0) is 24.3 Å². The van der Waals surface area contributed by atoms with Gasteiger partial charge in [-0.25, -0.2) is 4.98 Å². The first-order valence-corrected chi connectivity index (χ1v) is 9.42. The maximum absolute atomic E-state index is 5.54. The molecule has 7 nitrogen and oxygen atoms in total. The molecule has 0 radical (unpaired) electrons. The third kappa shape index (κ3) is 3.75. The van der Waals surface area contributed by atoms with Gasteiger partial charge in [0.25, 0.3) is 0 Å². The van der Waals surface area contributed by atoms with E-state index in [2.05, 4.69) is 19.7 Å². The highest BCUT2D eigenvalue weighted by Crippen LogP contribution is 2.28. The lowest BCUT2D eigenvalue weighted by molar-refractivity contribution is 0.415. The van der Waals surface area contributed by atoms with Gasteiger partial charge >= 0.3 is 0 Å². The maximum Gasteiger partial charge on any atom is 0.192 e. The zero-order valence-electron chi connectivity index (χ0n) is 15.1. The predicted octanol–water partition coefficient (Wildman–Crippen LogP) is 3.62. The number of rotatable bonds is 7. The molecule has 0 bridgehead atoms. The standard InChI is InChI=1S/C19H19N5O2S/c1-23-9-8-20-17(23)13-27-19-22-21-18(14-5-3-6-15(11-14)25-2)24(19)12-16-7-4-10-26-16/h3-11H,12-13H2,1-2H3. The molecule has 138 valence electrons. The fourth-order valence-electron chi connectivity index (χ4n) is 2.74. The highest BCUT2D eigenvalue weighted by Gasteiger charge is 2.17. The average Bonchev–Trinajstić information content (AvgIpc) is 3.43. The lowest BCUT2D eigenvalue weighted by Gasteiger charge is -2.09. The van der Waals surface area contributed by atoms with Gasteiger partial charge in [-0.1, -0.05) is 23.9 Å². The van der Waals surface area contributed by atoms with Gasteiger partial charge < -0.3 is 13.7 Å². The summed E-state index contributed by atoms with van der Waals surface area (Å²) in [6.45, 7) is 0.551. The molecule has 0 aliphatic heterocycles. The molecule has 0 saturated heterocycles. The summed E-state index contributed by atoms with van der Waals surface area (Å²) in [6.07, 6.45) is 5.40. The molecule has 0 aliphatic carbocycles. The number of hydrogen-bond acceptors (Lipinski definition) is 6. The Balaban J connectivity index is 1.68. The smallest absolute Gasteiger partial charge is 0.192 e. The fourth-order valence-corrected chi connectivity index (χ4v) is 3.68. The van der Waals surface area contributed by atoms with Gasteiger partial charge in [-0.15, -0.1) is 10.2 Å². The molecule has 1 aromatic carbocycles. The van der Waals surface area contributed by atoms with E-state index in [0.29, 0.717) is 12.3 Å². The first-order chi connectivity index (χ1) is 13.2. The van der Waals surface area contributed by atoms with Gasteiger partial charge in [0.05, 0.1) is 25.7 Å². The number of hydrogen-bond donors (Lipinski definition) is 0. The lowest BCUT2D eigenvalue weighted by Crippen LogP contribution is -2.04. The highest BCUT2D eigenvalue weighted by molar-refractivity contribution is 7.98. The van der Waals surface area contributed by atoms with Gasteiger partial charge in [-0.2, -0.15) is 0 Å². The lowest BCUT2D eigenvalue weighted by atomic mass is 10.2. The highest BCUT2D eigenvalue weighted by atomic mass is 32.2. The number of benzene rings is 1. The van der Waals surface area contributed by atoms with Crippen LogP contribution in [0.5, 0.6) is 5.75 Å². The summed E-state index contributed by atoms with van der Waals surface area (Å²) >= 11 is 1.60. The van der Waals surface area contributed by atoms with E-state index in [9.17, 15) is 0 Å². The average molecular weight is 381 g/mol. The number of imidazole rings is 1. The van der Waals surface area contributed by atoms with Gasteiger partial charge in [0.15, 0.2) is 11.0 Å². The Morgan fingerprint density at radius 2 is 2.11 bits per heavy atom. The minimum Gasteiger partial charge on any atom is -0.497 e. The molecule has 0 N–H and O–H groups in total. The molecule has 0 unspecified atom stereocenters. The third-order valence-electron chi connectivity index (χ3n) is 4.19. The van der Waals surface area contributed by atoms with E-state index in [1.165, 1.54) is 0 Å². The number of nitrogens with zero attached hydrogens (tertiary/aromatic N) is 5. The van der Waals surface area contributed by atoms with Crippen molar-refractivity contribution < 1.29 is 9.15 Å².